The predicted molar refractivity (Wildman–Crippen MR) is 270 cm³/mol. The van der Waals surface area contributed by atoms with Crippen LogP contribution in [0.2, 0.25) is 0 Å². The van der Waals surface area contributed by atoms with Crippen LogP contribution >= 0.6 is 0 Å². The minimum Gasteiger partial charge on any atom is -0.310 e. The molecular weight excluding hydrogens is 759 g/mol. The van der Waals surface area contributed by atoms with Crippen LogP contribution < -0.4 is 4.90 Å². The summed E-state index contributed by atoms with van der Waals surface area (Å²) in [6, 6.07) is 91.0. The summed E-state index contributed by atoms with van der Waals surface area (Å²) in [7, 11) is 0. The molecule has 0 N–H and O–H groups in total. The second-order valence-corrected chi connectivity index (χ2v) is 16.4. The standard InChI is InChI=1S/C62H41N/c1-2-14-42(15-3-1)47-18-12-19-51(40-47)63(50-37-32-45(33-38-50)61-41-48-17-5-6-21-53(48)56-24-10-11-25-58(56)61)49-35-30-44(31-36-49)52-20-8-9-23-55(52)57-26-13-27-60-59(57)39-34-46-29-28-43-16-4-7-22-54(43)62(46)60/h1-41H. The highest BCUT2D eigenvalue weighted by Gasteiger charge is 2.17. The Bertz CT molecular complexity index is 3660. The fourth-order valence-corrected chi connectivity index (χ4v) is 9.84. The summed E-state index contributed by atoms with van der Waals surface area (Å²) in [5, 5.41) is 12.7. The first-order chi connectivity index (χ1) is 31.2. The van der Waals surface area contributed by atoms with Gasteiger partial charge in [-0.1, -0.05) is 206 Å². The number of hydrogen-bond acceptors (Lipinski definition) is 1. The zero-order chi connectivity index (χ0) is 41.7. The molecule has 0 atom stereocenters. The first-order valence-electron chi connectivity index (χ1n) is 21.7. The summed E-state index contributed by atoms with van der Waals surface area (Å²) in [6.45, 7) is 0. The van der Waals surface area contributed by atoms with Gasteiger partial charge in [-0.15, -0.1) is 0 Å². The molecular formula is C62H41N. The van der Waals surface area contributed by atoms with Gasteiger partial charge >= 0.3 is 0 Å². The summed E-state index contributed by atoms with van der Waals surface area (Å²) in [5.41, 5.74) is 12.9. The molecule has 1 nitrogen and oxygen atoms in total. The van der Waals surface area contributed by atoms with E-state index in [2.05, 4.69) is 254 Å². The third-order valence-electron chi connectivity index (χ3n) is 12.8. The maximum atomic E-state index is 2.38. The normalized spacial score (nSPS) is 11.5. The third-order valence-corrected chi connectivity index (χ3v) is 12.8. The Morgan fingerprint density at radius 2 is 0.730 bits per heavy atom. The zero-order valence-corrected chi connectivity index (χ0v) is 34.6. The number of rotatable bonds is 7. The van der Waals surface area contributed by atoms with Crippen molar-refractivity contribution < 1.29 is 0 Å². The largest absolute Gasteiger partial charge is 0.310 e. The monoisotopic (exact) mass is 799 g/mol. The topological polar surface area (TPSA) is 3.24 Å². The SMILES string of the molecule is c1ccc(-c2cccc(N(c3ccc(-c4ccccc4-c4cccc5c4ccc4ccc6ccccc6c45)cc3)c3ccc(-c4cc5ccccc5c5ccccc45)cc3)c2)cc1. The van der Waals surface area contributed by atoms with Crippen LogP contribution in [0, 0.1) is 0 Å². The lowest BCUT2D eigenvalue weighted by molar-refractivity contribution is 1.28. The Labute approximate surface area is 367 Å². The van der Waals surface area contributed by atoms with Crippen LogP contribution in [0.1, 0.15) is 0 Å². The molecule has 0 aliphatic carbocycles. The summed E-state index contributed by atoms with van der Waals surface area (Å²) in [4.78, 5) is 2.38. The molecule has 12 aromatic rings. The maximum Gasteiger partial charge on any atom is 0.0467 e. The van der Waals surface area contributed by atoms with Crippen LogP contribution in [0.4, 0.5) is 17.1 Å². The first-order valence-corrected chi connectivity index (χ1v) is 21.7. The molecule has 1 heteroatoms. The second kappa shape index (κ2) is 15.3. The first kappa shape index (κ1) is 36.6. The van der Waals surface area contributed by atoms with Gasteiger partial charge in [0.2, 0.25) is 0 Å². The highest BCUT2D eigenvalue weighted by molar-refractivity contribution is 6.22. The van der Waals surface area contributed by atoms with Crippen molar-refractivity contribution in [2.24, 2.45) is 0 Å². The van der Waals surface area contributed by atoms with Crippen molar-refractivity contribution in [2.75, 3.05) is 4.90 Å². The van der Waals surface area contributed by atoms with E-state index >= 15 is 0 Å². The highest BCUT2D eigenvalue weighted by Crippen LogP contribution is 2.43. The van der Waals surface area contributed by atoms with Crippen LogP contribution in [-0.2, 0) is 0 Å². The van der Waals surface area contributed by atoms with E-state index in [9.17, 15) is 0 Å². The molecule has 0 radical (unpaired) electrons. The quantitative estimate of drug-likeness (QED) is 0.145. The van der Waals surface area contributed by atoms with Gasteiger partial charge in [0.05, 0.1) is 0 Å². The van der Waals surface area contributed by atoms with Gasteiger partial charge in [-0.25, -0.2) is 0 Å². The molecule has 0 aromatic heterocycles. The molecule has 0 saturated carbocycles. The Kier molecular flexibility index (Phi) is 8.90. The second-order valence-electron chi connectivity index (χ2n) is 16.4. The maximum absolute atomic E-state index is 2.38. The molecule has 0 saturated heterocycles. The molecule has 0 aliphatic rings. The van der Waals surface area contributed by atoms with E-state index in [1.54, 1.807) is 0 Å². The van der Waals surface area contributed by atoms with E-state index in [1.165, 1.54) is 98.4 Å². The number of anilines is 3. The summed E-state index contributed by atoms with van der Waals surface area (Å²) < 4.78 is 0. The molecule has 0 spiro atoms. The van der Waals surface area contributed by atoms with E-state index in [0.717, 1.165) is 17.1 Å². The number of nitrogens with zero attached hydrogens (tertiary/aromatic N) is 1. The molecule has 0 amide bonds. The van der Waals surface area contributed by atoms with Gasteiger partial charge in [0.15, 0.2) is 0 Å². The predicted octanol–water partition coefficient (Wildman–Crippen LogP) is 17.6. The number of hydrogen-bond donors (Lipinski definition) is 0. The minimum atomic E-state index is 1.09. The molecule has 12 rings (SSSR count). The van der Waals surface area contributed by atoms with E-state index < -0.39 is 0 Å². The van der Waals surface area contributed by atoms with Gasteiger partial charge in [0.25, 0.3) is 0 Å². The molecule has 0 bridgehead atoms. The molecule has 63 heavy (non-hydrogen) atoms. The highest BCUT2D eigenvalue weighted by atomic mass is 15.1. The molecule has 0 heterocycles. The summed E-state index contributed by atoms with van der Waals surface area (Å²) in [6.07, 6.45) is 0. The third kappa shape index (κ3) is 6.42. The van der Waals surface area contributed by atoms with E-state index in [1.807, 2.05) is 0 Å². The summed E-state index contributed by atoms with van der Waals surface area (Å²) in [5.74, 6) is 0. The van der Waals surface area contributed by atoms with Crippen LogP contribution in [0.15, 0.2) is 249 Å². The fourth-order valence-electron chi connectivity index (χ4n) is 9.84. The van der Waals surface area contributed by atoms with Crippen LogP contribution in [0.3, 0.4) is 0 Å². The number of benzene rings is 12. The van der Waals surface area contributed by atoms with E-state index in [4.69, 9.17) is 0 Å². The van der Waals surface area contributed by atoms with Gasteiger partial charge in [-0.05, 0) is 141 Å². The lowest BCUT2D eigenvalue weighted by Gasteiger charge is -2.26. The lowest BCUT2D eigenvalue weighted by Crippen LogP contribution is -2.10. The van der Waals surface area contributed by atoms with Crippen LogP contribution in [0.5, 0.6) is 0 Å². The van der Waals surface area contributed by atoms with Crippen molar-refractivity contribution >= 4 is 70.9 Å². The van der Waals surface area contributed by atoms with Gasteiger partial charge < -0.3 is 4.90 Å². The van der Waals surface area contributed by atoms with Crippen LogP contribution in [0.25, 0.3) is 98.4 Å². The van der Waals surface area contributed by atoms with Crippen molar-refractivity contribution in [3.05, 3.63) is 249 Å². The molecule has 294 valence electrons. The fraction of sp³-hybridized carbons (Fsp3) is 0. The van der Waals surface area contributed by atoms with Gasteiger partial charge in [0, 0.05) is 17.1 Å². The lowest BCUT2D eigenvalue weighted by atomic mass is 9.89. The van der Waals surface area contributed by atoms with Crippen molar-refractivity contribution in [3.8, 4) is 44.5 Å². The van der Waals surface area contributed by atoms with E-state index in [0.29, 0.717) is 0 Å². The average molecular weight is 800 g/mol. The van der Waals surface area contributed by atoms with Crippen LogP contribution in [-0.4, -0.2) is 0 Å². The number of fused-ring (bicyclic) bond motifs is 8. The Morgan fingerprint density at radius 3 is 1.51 bits per heavy atom. The van der Waals surface area contributed by atoms with E-state index in [-0.39, 0.29) is 0 Å². The Balaban J connectivity index is 0.963. The smallest absolute Gasteiger partial charge is 0.0467 e. The van der Waals surface area contributed by atoms with Crippen molar-refractivity contribution in [1.29, 1.82) is 0 Å². The molecule has 0 unspecified atom stereocenters. The van der Waals surface area contributed by atoms with Crippen molar-refractivity contribution in [2.45, 2.75) is 0 Å². The van der Waals surface area contributed by atoms with Crippen molar-refractivity contribution in [1.82, 2.24) is 0 Å². The average Bonchev–Trinajstić information content (AvgIpc) is 3.36. The Hall–Kier alpha value is -8.26. The Morgan fingerprint density at radius 1 is 0.206 bits per heavy atom. The molecule has 12 aromatic carbocycles. The van der Waals surface area contributed by atoms with Gasteiger partial charge in [0.1, 0.15) is 0 Å². The van der Waals surface area contributed by atoms with Crippen molar-refractivity contribution in [3.63, 3.8) is 0 Å². The zero-order valence-electron chi connectivity index (χ0n) is 34.6. The van der Waals surface area contributed by atoms with Gasteiger partial charge in [-0.3, -0.25) is 0 Å². The molecule has 0 fully saturated rings. The minimum absolute atomic E-state index is 1.09. The van der Waals surface area contributed by atoms with Gasteiger partial charge in [-0.2, -0.15) is 0 Å². The summed E-state index contributed by atoms with van der Waals surface area (Å²) >= 11 is 0. The molecule has 0 aliphatic heterocycles.